The number of rotatable bonds is 5. The van der Waals surface area contributed by atoms with Crippen LogP contribution in [0.4, 0.5) is 11.4 Å². The maximum absolute atomic E-state index is 6.15. The van der Waals surface area contributed by atoms with Gasteiger partial charge in [0.05, 0.1) is 5.41 Å². The molecule has 2 heteroatoms. The lowest BCUT2D eigenvalue weighted by molar-refractivity contribution is 0.669. The van der Waals surface area contributed by atoms with Crippen LogP contribution in [0.15, 0.2) is 174 Å². The zero-order valence-corrected chi connectivity index (χ0v) is 24.6. The number of hydrogen-bond acceptors (Lipinski definition) is 2. The average molecular weight is 576 g/mol. The minimum Gasteiger partial charge on any atom is -0.456 e. The van der Waals surface area contributed by atoms with Crippen LogP contribution in [0.2, 0.25) is 0 Å². The molecule has 0 fully saturated rings. The van der Waals surface area contributed by atoms with Gasteiger partial charge in [-0.05, 0) is 80.9 Å². The van der Waals surface area contributed by atoms with Gasteiger partial charge < -0.3 is 9.73 Å². The number of benzene rings is 7. The number of hydrogen-bond donors (Lipinski definition) is 1. The first-order chi connectivity index (χ1) is 22.3. The normalized spacial score (nSPS) is 13.1. The van der Waals surface area contributed by atoms with Gasteiger partial charge in [0.2, 0.25) is 0 Å². The molecular weight excluding hydrogens is 546 g/mol. The zero-order valence-electron chi connectivity index (χ0n) is 24.6. The van der Waals surface area contributed by atoms with Gasteiger partial charge in [-0.3, -0.25) is 0 Å². The van der Waals surface area contributed by atoms with Gasteiger partial charge in [0, 0.05) is 22.1 Å². The highest BCUT2D eigenvalue weighted by Crippen LogP contribution is 2.56. The van der Waals surface area contributed by atoms with Crippen molar-refractivity contribution >= 4 is 33.3 Å². The van der Waals surface area contributed by atoms with Crippen molar-refractivity contribution < 1.29 is 4.42 Å². The lowest BCUT2D eigenvalue weighted by Gasteiger charge is -2.34. The van der Waals surface area contributed by atoms with E-state index in [0.717, 1.165) is 38.9 Å². The smallest absolute Gasteiger partial charge is 0.136 e. The molecule has 1 aromatic heterocycles. The topological polar surface area (TPSA) is 25.2 Å². The molecule has 8 aromatic rings. The van der Waals surface area contributed by atoms with E-state index in [2.05, 4.69) is 157 Å². The molecule has 0 unspecified atom stereocenters. The Morgan fingerprint density at radius 2 is 1.02 bits per heavy atom. The van der Waals surface area contributed by atoms with Crippen LogP contribution >= 0.6 is 0 Å². The summed E-state index contributed by atoms with van der Waals surface area (Å²) in [6, 6.07) is 60.8. The molecule has 0 saturated carbocycles. The predicted molar refractivity (Wildman–Crippen MR) is 186 cm³/mol. The summed E-state index contributed by atoms with van der Waals surface area (Å²) in [5.74, 6) is 0. The maximum atomic E-state index is 6.15. The van der Waals surface area contributed by atoms with Crippen LogP contribution in [-0.4, -0.2) is 0 Å². The number of para-hydroxylation sites is 1. The highest BCUT2D eigenvalue weighted by molar-refractivity contribution is 6.12. The van der Waals surface area contributed by atoms with Crippen LogP contribution in [0, 0.1) is 0 Å². The van der Waals surface area contributed by atoms with E-state index in [-0.39, 0.29) is 0 Å². The molecule has 0 bridgehead atoms. The summed E-state index contributed by atoms with van der Waals surface area (Å²) in [6.45, 7) is 0. The van der Waals surface area contributed by atoms with E-state index in [1.807, 2.05) is 18.2 Å². The van der Waals surface area contributed by atoms with Crippen molar-refractivity contribution in [2.45, 2.75) is 5.41 Å². The standard InChI is InChI=1S/C43H29NO/c1-3-12-30(13-4-1)43(31-14-5-2-6-15-31)38-19-9-7-16-35(38)36-27-26-33(28-39(36)43)44-32-24-22-29(23-25-32)34-18-11-21-41-42(34)37-17-8-10-20-40(37)45-41/h1-28,44H. The van der Waals surface area contributed by atoms with Gasteiger partial charge in [-0.15, -0.1) is 0 Å². The molecule has 0 spiro atoms. The minimum absolute atomic E-state index is 0.415. The number of fused-ring (bicyclic) bond motifs is 6. The van der Waals surface area contributed by atoms with Gasteiger partial charge in [0.25, 0.3) is 0 Å². The van der Waals surface area contributed by atoms with Gasteiger partial charge in [0.15, 0.2) is 0 Å². The third-order valence-electron chi connectivity index (χ3n) is 9.35. The molecule has 0 radical (unpaired) electrons. The van der Waals surface area contributed by atoms with E-state index in [1.165, 1.54) is 38.9 Å². The summed E-state index contributed by atoms with van der Waals surface area (Å²) in [5, 5.41) is 6.02. The Balaban J connectivity index is 1.14. The fourth-order valence-electron chi connectivity index (χ4n) is 7.44. The van der Waals surface area contributed by atoms with Crippen LogP contribution in [0.3, 0.4) is 0 Å². The van der Waals surface area contributed by atoms with Crippen molar-refractivity contribution in [2.24, 2.45) is 0 Å². The zero-order chi connectivity index (χ0) is 29.8. The largest absolute Gasteiger partial charge is 0.456 e. The second-order valence-corrected chi connectivity index (χ2v) is 11.8. The van der Waals surface area contributed by atoms with E-state index in [9.17, 15) is 0 Å². The second-order valence-electron chi connectivity index (χ2n) is 11.8. The highest BCUT2D eigenvalue weighted by Gasteiger charge is 2.46. The van der Waals surface area contributed by atoms with Crippen LogP contribution in [0.1, 0.15) is 22.3 Å². The van der Waals surface area contributed by atoms with Crippen molar-refractivity contribution in [3.05, 3.63) is 192 Å². The Hall–Kier alpha value is -5.86. The third-order valence-corrected chi connectivity index (χ3v) is 9.35. The van der Waals surface area contributed by atoms with Gasteiger partial charge in [-0.2, -0.15) is 0 Å². The van der Waals surface area contributed by atoms with Crippen molar-refractivity contribution in [3.8, 4) is 22.3 Å². The molecular formula is C43H29NO. The lowest BCUT2D eigenvalue weighted by Crippen LogP contribution is -2.28. The van der Waals surface area contributed by atoms with Crippen LogP contribution in [-0.2, 0) is 5.41 Å². The summed E-state index contributed by atoms with van der Waals surface area (Å²) >= 11 is 0. The van der Waals surface area contributed by atoms with Gasteiger partial charge in [-0.1, -0.05) is 133 Å². The third kappa shape index (κ3) is 3.89. The monoisotopic (exact) mass is 575 g/mol. The van der Waals surface area contributed by atoms with E-state index in [4.69, 9.17) is 4.42 Å². The summed E-state index contributed by atoms with van der Waals surface area (Å²) in [5.41, 5.74) is 13.6. The molecule has 1 aliphatic carbocycles. The first-order valence-corrected chi connectivity index (χ1v) is 15.4. The molecule has 1 heterocycles. The maximum Gasteiger partial charge on any atom is 0.136 e. The molecule has 7 aromatic carbocycles. The average Bonchev–Trinajstić information content (AvgIpc) is 3.63. The van der Waals surface area contributed by atoms with Crippen LogP contribution in [0.25, 0.3) is 44.2 Å². The molecule has 45 heavy (non-hydrogen) atoms. The van der Waals surface area contributed by atoms with E-state index >= 15 is 0 Å². The Kier molecular flexibility index (Phi) is 5.76. The van der Waals surface area contributed by atoms with E-state index < -0.39 is 5.41 Å². The Bertz CT molecular complexity index is 2290. The molecule has 0 atom stereocenters. The van der Waals surface area contributed by atoms with E-state index in [1.54, 1.807) is 0 Å². The number of anilines is 2. The predicted octanol–water partition coefficient (Wildman–Crippen LogP) is 11.4. The Morgan fingerprint density at radius 1 is 0.422 bits per heavy atom. The first kappa shape index (κ1) is 25.6. The number of nitrogens with one attached hydrogen (secondary N) is 1. The van der Waals surface area contributed by atoms with Crippen molar-refractivity contribution in [3.63, 3.8) is 0 Å². The van der Waals surface area contributed by atoms with Crippen LogP contribution < -0.4 is 5.32 Å². The summed E-state index contributed by atoms with van der Waals surface area (Å²) < 4.78 is 6.15. The second kappa shape index (κ2) is 10.1. The summed E-state index contributed by atoms with van der Waals surface area (Å²) in [4.78, 5) is 0. The first-order valence-electron chi connectivity index (χ1n) is 15.4. The number of furan rings is 1. The van der Waals surface area contributed by atoms with Crippen molar-refractivity contribution in [1.82, 2.24) is 0 Å². The summed E-state index contributed by atoms with van der Waals surface area (Å²) in [6.07, 6.45) is 0. The fourth-order valence-corrected chi connectivity index (χ4v) is 7.44. The quantitative estimate of drug-likeness (QED) is 0.221. The van der Waals surface area contributed by atoms with Crippen molar-refractivity contribution in [2.75, 3.05) is 5.32 Å². The summed E-state index contributed by atoms with van der Waals surface area (Å²) in [7, 11) is 0. The van der Waals surface area contributed by atoms with Crippen molar-refractivity contribution in [1.29, 1.82) is 0 Å². The molecule has 0 saturated heterocycles. The molecule has 1 aliphatic rings. The molecule has 0 aliphatic heterocycles. The highest BCUT2D eigenvalue weighted by atomic mass is 16.3. The van der Waals surface area contributed by atoms with Gasteiger partial charge in [0.1, 0.15) is 11.2 Å². The molecule has 9 rings (SSSR count). The van der Waals surface area contributed by atoms with E-state index in [0.29, 0.717) is 0 Å². The van der Waals surface area contributed by atoms with Crippen LogP contribution in [0.5, 0.6) is 0 Å². The Labute approximate surface area is 262 Å². The Morgan fingerprint density at radius 3 is 1.80 bits per heavy atom. The van der Waals surface area contributed by atoms with Gasteiger partial charge in [-0.25, -0.2) is 0 Å². The molecule has 2 nitrogen and oxygen atoms in total. The SMILES string of the molecule is c1ccc(C2(c3ccccc3)c3ccccc3-c3ccc(Nc4ccc(-c5cccc6oc7ccccc7c56)cc4)cc32)cc1. The molecule has 212 valence electrons. The fraction of sp³-hybridized carbons (Fsp3) is 0.0233. The molecule has 1 N–H and O–H groups in total. The lowest BCUT2D eigenvalue weighted by atomic mass is 9.67. The van der Waals surface area contributed by atoms with Gasteiger partial charge >= 0.3 is 0 Å². The molecule has 0 amide bonds. The minimum atomic E-state index is -0.415.